The van der Waals surface area contributed by atoms with Crippen molar-refractivity contribution in [3.05, 3.63) is 40.7 Å². The van der Waals surface area contributed by atoms with Crippen LogP contribution < -0.4 is 14.8 Å². The first-order valence-electron chi connectivity index (χ1n) is 7.12. The lowest BCUT2D eigenvalue weighted by molar-refractivity contribution is 0.101. The van der Waals surface area contributed by atoms with Gasteiger partial charge in [0.1, 0.15) is 11.5 Å². The number of nitrogens with one attached hydrogen (secondary N) is 2. The molecule has 0 atom stereocenters. The highest BCUT2D eigenvalue weighted by Gasteiger charge is 2.20. The maximum Gasteiger partial charge on any atom is 0.257 e. The van der Waals surface area contributed by atoms with E-state index in [0.717, 1.165) is 0 Å². The number of amides is 1. The van der Waals surface area contributed by atoms with Crippen LogP contribution >= 0.6 is 0 Å². The van der Waals surface area contributed by atoms with Gasteiger partial charge in [-0.15, -0.1) is 0 Å². The third kappa shape index (κ3) is 3.36. The molecule has 0 aliphatic heterocycles. The lowest BCUT2D eigenvalue weighted by atomic mass is 10.1. The van der Waals surface area contributed by atoms with Gasteiger partial charge in [0.15, 0.2) is 5.78 Å². The molecule has 0 unspecified atom stereocenters. The van der Waals surface area contributed by atoms with Gasteiger partial charge in [-0.1, -0.05) is 0 Å². The second kappa shape index (κ2) is 6.56. The van der Waals surface area contributed by atoms with E-state index in [-0.39, 0.29) is 11.7 Å². The number of aromatic amines is 1. The molecule has 0 saturated carbocycles. The summed E-state index contributed by atoms with van der Waals surface area (Å²) in [6.07, 6.45) is 0. The van der Waals surface area contributed by atoms with Gasteiger partial charge in [-0.05, 0) is 19.4 Å². The number of H-pyrrole nitrogens is 1. The van der Waals surface area contributed by atoms with Gasteiger partial charge in [-0.3, -0.25) is 9.59 Å². The first kappa shape index (κ1) is 16.6. The van der Waals surface area contributed by atoms with Crippen molar-refractivity contribution in [2.75, 3.05) is 19.5 Å². The van der Waals surface area contributed by atoms with Gasteiger partial charge < -0.3 is 19.8 Å². The zero-order valence-electron chi connectivity index (χ0n) is 13.9. The fourth-order valence-corrected chi connectivity index (χ4v) is 2.52. The molecule has 122 valence electrons. The van der Waals surface area contributed by atoms with Crippen molar-refractivity contribution in [1.29, 1.82) is 0 Å². The molecule has 1 aromatic carbocycles. The Morgan fingerprint density at radius 3 is 2.04 bits per heavy atom. The summed E-state index contributed by atoms with van der Waals surface area (Å²) in [4.78, 5) is 27.1. The van der Waals surface area contributed by atoms with E-state index < -0.39 is 0 Å². The molecule has 6 heteroatoms. The second-order valence-corrected chi connectivity index (χ2v) is 5.24. The van der Waals surface area contributed by atoms with E-state index in [1.54, 1.807) is 46.3 Å². The van der Waals surface area contributed by atoms with Crippen LogP contribution in [0.4, 0.5) is 5.69 Å². The van der Waals surface area contributed by atoms with Gasteiger partial charge >= 0.3 is 0 Å². The van der Waals surface area contributed by atoms with E-state index >= 15 is 0 Å². The first-order chi connectivity index (χ1) is 10.9. The molecule has 0 radical (unpaired) electrons. The molecule has 2 rings (SSSR count). The molecule has 0 spiro atoms. The van der Waals surface area contributed by atoms with Crippen LogP contribution in [0.25, 0.3) is 0 Å². The smallest absolute Gasteiger partial charge is 0.257 e. The number of Topliss-reactive ketones (excluding diaryl/α,β-unsaturated/α-hetero) is 1. The lowest BCUT2D eigenvalue weighted by Gasteiger charge is -2.10. The third-order valence-electron chi connectivity index (χ3n) is 3.63. The van der Waals surface area contributed by atoms with Crippen LogP contribution in [0.1, 0.15) is 39.0 Å². The molecule has 6 nitrogen and oxygen atoms in total. The summed E-state index contributed by atoms with van der Waals surface area (Å²) in [6, 6.07) is 5.11. The van der Waals surface area contributed by atoms with Crippen molar-refractivity contribution >= 4 is 17.4 Å². The SMILES string of the molecule is COc1cc(NC(=O)c2c(C)[nH]c(C(C)=O)c2C)cc(OC)c1. The average molecular weight is 316 g/mol. The van der Waals surface area contributed by atoms with Gasteiger partial charge in [0.25, 0.3) is 5.91 Å². The predicted octanol–water partition coefficient (Wildman–Crippen LogP) is 3.10. The summed E-state index contributed by atoms with van der Waals surface area (Å²) in [6.45, 7) is 4.98. The summed E-state index contributed by atoms with van der Waals surface area (Å²) in [5.74, 6) is 0.755. The van der Waals surface area contributed by atoms with Crippen molar-refractivity contribution in [1.82, 2.24) is 4.98 Å². The van der Waals surface area contributed by atoms with E-state index in [2.05, 4.69) is 10.3 Å². The number of anilines is 1. The first-order valence-corrected chi connectivity index (χ1v) is 7.12. The Bertz CT molecular complexity index is 740. The van der Waals surface area contributed by atoms with E-state index in [1.807, 2.05) is 0 Å². The molecular weight excluding hydrogens is 296 g/mol. The summed E-state index contributed by atoms with van der Waals surface area (Å²) in [5.41, 5.74) is 2.77. The molecule has 2 aromatic rings. The standard InChI is InChI=1S/C17H20N2O4/c1-9-15(10(2)18-16(9)11(3)20)17(21)19-12-6-13(22-4)8-14(7-12)23-5/h6-8,18H,1-5H3,(H,19,21). The van der Waals surface area contributed by atoms with E-state index in [4.69, 9.17) is 9.47 Å². The number of benzene rings is 1. The Morgan fingerprint density at radius 1 is 1.04 bits per heavy atom. The summed E-state index contributed by atoms with van der Waals surface area (Å²) >= 11 is 0. The minimum absolute atomic E-state index is 0.104. The van der Waals surface area contributed by atoms with Gasteiger partial charge in [-0.2, -0.15) is 0 Å². The van der Waals surface area contributed by atoms with Crippen LogP contribution in [0.2, 0.25) is 0 Å². The van der Waals surface area contributed by atoms with Crippen molar-refractivity contribution in [3.8, 4) is 11.5 Å². The summed E-state index contributed by atoms with van der Waals surface area (Å²) in [5, 5.41) is 2.81. The summed E-state index contributed by atoms with van der Waals surface area (Å²) < 4.78 is 10.4. The minimum atomic E-state index is -0.293. The average Bonchev–Trinajstić information content (AvgIpc) is 2.81. The van der Waals surface area contributed by atoms with Gasteiger partial charge in [0, 0.05) is 36.5 Å². The van der Waals surface area contributed by atoms with Crippen molar-refractivity contribution in [2.45, 2.75) is 20.8 Å². The van der Waals surface area contributed by atoms with Crippen LogP contribution in [0.5, 0.6) is 11.5 Å². The number of rotatable bonds is 5. The zero-order valence-corrected chi connectivity index (χ0v) is 13.9. The zero-order chi connectivity index (χ0) is 17.1. The van der Waals surface area contributed by atoms with Crippen molar-refractivity contribution in [3.63, 3.8) is 0 Å². The molecule has 23 heavy (non-hydrogen) atoms. The predicted molar refractivity (Wildman–Crippen MR) is 87.8 cm³/mol. The van der Waals surface area contributed by atoms with Gasteiger partial charge in [-0.25, -0.2) is 0 Å². The molecule has 0 fully saturated rings. The van der Waals surface area contributed by atoms with Crippen LogP contribution in [-0.4, -0.2) is 30.9 Å². The number of methoxy groups -OCH3 is 2. The van der Waals surface area contributed by atoms with Gasteiger partial charge in [0.05, 0.1) is 25.5 Å². The monoisotopic (exact) mass is 316 g/mol. The van der Waals surface area contributed by atoms with Crippen molar-refractivity contribution < 1.29 is 19.1 Å². The fourth-order valence-electron chi connectivity index (χ4n) is 2.52. The second-order valence-electron chi connectivity index (χ2n) is 5.24. The maximum absolute atomic E-state index is 12.6. The number of carbonyl (C=O) groups is 2. The van der Waals surface area contributed by atoms with Crippen molar-refractivity contribution in [2.24, 2.45) is 0 Å². The molecule has 1 heterocycles. The molecule has 1 aromatic heterocycles. The molecule has 0 aliphatic rings. The van der Waals surface area contributed by atoms with E-state index in [9.17, 15) is 9.59 Å². The quantitative estimate of drug-likeness (QED) is 0.831. The fraction of sp³-hybridized carbons (Fsp3) is 0.294. The Kier molecular flexibility index (Phi) is 4.74. The number of ketones is 1. The number of hydrogen-bond acceptors (Lipinski definition) is 4. The number of aryl methyl sites for hydroxylation is 1. The maximum atomic E-state index is 12.6. The highest BCUT2D eigenvalue weighted by molar-refractivity contribution is 6.08. The Balaban J connectivity index is 2.35. The number of aromatic nitrogens is 1. The van der Waals surface area contributed by atoms with E-state index in [0.29, 0.717) is 39.7 Å². The topological polar surface area (TPSA) is 80.4 Å². The molecule has 0 saturated heterocycles. The Labute approximate surface area is 134 Å². The molecular formula is C17H20N2O4. The van der Waals surface area contributed by atoms with Crippen LogP contribution in [-0.2, 0) is 0 Å². The molecule has 1 amide bonds. The van der Waals surface area contributed by atoms with Crippen LogP contribution in [0.15, 0.2) is 18.2 Å². The Morgan fingerprint density at radius 2 is 1.61 bits per heavy atom. The highest BCUT2D eigenvalue weighted by Crippen LogP contribution is 2.27. The van der Waals surface area contributed by atoms with Crippen LogP contribution in [0, 0.1) is 13.8 Å². The summed E-state index contributed by atoms with van der Waals surface area (Å²) in [7, 11) is 3.08. The van der Waals surface area contributed by atoms with Gasteiger partial charge in [0.2, 0.25) is 0 Å². The normalized spacial score (nSPS) is 10.3. The number of ether oxygens (including phenoxy) is 2. The van der Waals surface area contributed by atoms with E-state index in [1.165, 1.54) is 6.92 Å². The number of hydrogen-bond donors (Lipinski definition) is 2. The largest absolute Gasteiger partial charge is 0.497 e. The lowest BCUT2D eigenvalue weighted by Crippen LogP contribution is -2.14. The minimum Gasteiger partial charge on any atom is -0.497 e. The molecule has 2 N–H and O–H groups in total. The third-order valence-corrected chi connectivity index (χ3v) is 3.63. The van der Waals surface area contributed by atoms with Crippen LogP contribution in [0.3, 0.4) is 0 Å². The Hall–Kier alpha value is -2.76. The highest BCUT2D eigenvalue weighted by atomic mass is 16.5. The molecule has 0 bridgehead atoms. The molecule has 0 aliphatic carbocycles. The number of carbonyl (C=O) groups excluding carboxylic acids is 2.